The smallest absolute Gasteiger partial charge is 0.305 e. The topological polar surface area (TPSA) is 144 Å². The monoisotopic (exact) mass is 626 g/mol. The number of nitrogens with one attached hydrogen (secondary N) is 2. The lowest BCUT2D eigenvalue weighted by Crippen LogP contribution is -2.29. The average molecular weight is 627 g/mol. The van der Waals surface area contributed by atoms with E-state index in [2.05, 4.69) is 16.9 Å². The van der Waals surface area contributed by atoms with Crippen LogP contribution < -0.4 is 0 Å². The highest BCUT2D eigenvalue weighted by Gasteiger charge is 2.43. The van der Waals surface area contributed by atoms with Gasteiger partial charge in [0.05, 0.1) is 36.4 Å². The number of aromatic nitrogens is 4. The summed E-state index contributed by atoms with van der Waals surface area (Å²) in [5.41, 5.74) is 6.50. The Bertz CT molecular complexity index is 1940. The number of Topliss-reactive ketones (excluding diaryl/α,β-unsaturated/α-hetero) is 2. The van der Waals surface area contributed by atoms with Crippen molar-refractivity contribution in [3.8, 4) is 0 Å². The van der Waals surface area contributed by atoms with Crippen LogP contribution in [0.1, 0.15) is 108 Å². The van der Waals surface area contributed by atoms with Crippen molar-refractivity contribution in [3.05, 3.63) is 69.3 Å². The van der Waals surface area contributed by atoms with Crippen molar-refractivity contribution in [2.75, 3.05) is 14.2 Å². The van der Waals surface area contributed by atoms with Crippen molar-refractivity contribution >= 4 is 45.6 Å². The number of hydrogen-bond acceptors (Lipinski definition) is 8. The normalized spacial score (nSPS) is 19.4. The third kappa shape index (κ3) is 5.43. The Morgan fingerprint density at radius 2 is 1.20 bits per heavy atom. The molecule has 2 aliphatic heterocycles. The molecular weight excluding hydrogens is 584 g/mol. The van der Waals surface area contributed by atoms with Crippen LogP contribution in [0.2, 0.25) is 0 Å². The standard InChI is InChI=1S/C36H42N4O6/c1-9-21-19(3)23-18-30-36(6,14-13-32(42)46-8)34(44)28(40-30)16-26-22(11-12-31(41)45-7)20(4)24(38-26)17-29-35(5,10-2)33(43)27(39-29)15-25(21)37-23/h15-18,37-38H,9-14H2,1-8H3. The molecule has 0 fully saturated rings. The van der Waals surface area contributed by atoms with Gasteiger partial charge in [-0.25, -0.2) is 9.97 Å². The van der Waals surface area contributed by atoms with Gasteiger partial charge in [-0.05, 0) is 99.9 Å². The molecule has 3 aromatic heterocycles. The summed E-state index contributed by atoms with van der Waals surface area (Å²) >= 11 is 0. The van der Waals surface area contributed by atoms with E-state index in [0.717, 1.165) is 38.8 Å². The Labute approximate surface area is 268 Å². The number of aromatic amines is 2. The number of rotatable bonds is 8. The van der Waals surface area contributed by atoms with Crippen LogP contribution in [0.15, 0.2) is 24.3 Å². The molecule has 46 heavy (non-hydrogen) atoms. The fourth-order valence-corrected chi connectivity index (χ4v) is 6.57. The Morgan fingerprint density at radius 1 is 0.717 bits per heavy atom. The largest absolute Gasteiger partial charge is 0.469 e. The molecule has 8 bridgehead atoms. The molecule has 2 aliphatic rings. The van der Waals surface area contributed by atoms with Gasteiger partial charge in [0.15, 0.2) is 11.6 Å². The van der Waals surface area contributed by atoms with Crippen LogP contribution in [-0.4, -0.2) is 57.7 Å². The van der Waals surface area contributed by atoms with Crippen LogP contribution in [0.5, 0.6) is 0 Å². The molecule has 0 saturated heterocycles. The summed E-state index contributed by atoms with van der Waals surface area (Å²) in [6.07, 6.45) is 2.04. The molecule has 0 saturated carbocycles. The molecule has 0 aliphatic carbocycles. The number of ketones is 2. The maximum Gasteiger partial charge on any atom is 0.305 e. The molecule has 10 nitrogen and oxygen atoms in total. The Morgan fingerprint density at radius 3 is 1.72 bits per heavy atom. The van der Waals surface area contributed by atoms with Crippen LogP contribution in [0, 0.1) is 13.8 Å². The number of ether oxygens (including phenoxy) is 2. The van der Waals surface area contributed by atoms with Gasteiger partial charge in [0.1, 0.15) is 11.4 Å². The van der Waals surface area contributed by atoms with Gasteiger partial charge >= 0.3 is 11.9 Å². The summed E-state index contributed by atoms with van der Waals surface area (Å²) in [7, 11) is 2.68. The summed E-state index contributed by atoms with van der Waals surface area (Å²) in [5, 5.41) is 0. The number of H-pyrrole nitrogens is 2. The molecule has 0 spiro atoms. The van der Waals surface area contributed by atoms with E-state index in [1.165, 1.54) is 14.2 Å². The summed E-state index contributed by atoms with van der Waals surface area (Å²) in [5.74, 6) is -1.02. The minimum Gasteiger partial charge on any atom is -0.469 e. The van der Waals surface area contributed by atoms with Crippen LogP contribution >= 0.6 is 0 Å². The highest BCUT2D eigenvalue weighted by atomic mass is 16.5. The number of methoxy groups -OCH3 is 2. The second-order valence-electron chi connectivity index (χ2n) is 12.6. The second-order valence-corrected chi connectivity index (χ2v) is 12.6. The number of fused-ring (bicyclic) bond motifs is 8. The zero-order valence-electron chi connectivity index (χ0n) is 27.9. The fourth-order valence-electron chi connectivity index (χ4n) is 6.57. The number of esters is 2. The number of nitrogens with zero attached hydrogens (tertiary/aromatic N) is 2. The number of aryl methyl sites for hydroxylation is 4. The average Bonchev–Trinajstić information content (AvgIpc) is 3.66. The summed E-state index contributed by atoms with van der Waals surface area (Å²) < 4.78 is 9.80. The van der Waals surface area contributed by atoms with Gasteiger partial charge in [0.2, 0.25) is 0 Å². The SMILES string of the molecule is CCc1c(C)c2cc3nc(cc4[nH]c(cc5nc(cc1[nH]2)C(=O)C5(C)CC)c(C)c4CCC(=O)OC)C(=O)C3(C)CCC(=O)OC. The van der Waals surface area contributed by atoms with Gasteiger partial charge in [-0.2, -0.15) is 0 Å². The van der Waals surface area contributed by atoms with Crippen LogP contribution in [-0.2, 0) is 42.7 Å². The van der Waals surface area contributed by atoms with Crippen LogP contribution in [0.25, 0.3) is 22.1 Å². The molecule has 2 atom stereocenters. The first-order chi connectivity index (χ1) is 21.8. The minimum atomic E-state index is -1.09. The lowest BCUT2D eigenvalue weighted by atomic mass is 9.79. The summed E-state index contributed by atoms with van der Waals surface area (Å²) in [6, 6.07) is 7.32. The fraction of sp³-hybridized carbons (Fsp3) is 0.444. The van der Waals surface area contributed by atoms with Gasteiger partial charge < -0.3 is 19.4 Å². The van der Waals surface area contributed by atoms with E-state index >= 15 is 0 Å². The Balaban J connectivity index is 1.91. The molecule has 5 rings (SSSR count). The minimum absolute atomic E-state index is 0.0453. The first-order valence-corrected chi connectivity index (χ1v) is 15.8. The Kier molecular flexibility index (Phi) is 8.77. The number of hydrogen-bond donors (Lipinski definition) is 2. The third-order valence-electron chi connectivity index (χ3n) is 10.0. The van der Waals surface area contributed by atoms with Gasteiger partial charge in [0, 0.05) is 34.9 Å². The lowest BCUT2D eigenvalue weighted by Gasteiger charge is -2.21. The van der Waals surface area contributed by atoms with Crippen LogP contribution in [0.3, 0.4) is 0 Å². The first kappa shape index (κ1) is 32.8. The van der Waals surface area contributed by atoms with E-state index < -0.39 is 16.8 Å². The van der Waals surface area contributed by atoms with Crippen molar-refractivity contribution in [1.82, 2.24) is 19.9 Å². The van der Waals surface area contributed by atoms with Gasteiger partial charge in [-0.1, -0.05) is 13.8 Å². The van der Waals surface area contributed by atoms with Gasteiger partial charge in [-0.15, -0.1) is 0 Å². The molecule has 0 amide bonds. The zero-order chi connectivity index (χ0) is 33.6. The number of carbonyl (C=O) groups is 4. The molecule has 5 heterocycles. The molecule has 10 heteroatoms. The molecule has 2 unspecified atom stereocenters. The predicted octanol–water partition coefficient (Wildman–Crippen LogP) is 6.24. The number of carbonyl (C=O) groups excluding carboxylic acids is 4. The quantitative estimate of drug-likeness (QED) is 0.280. The van der Waals surface area contributed by atoms with E-state index in [-0.39, 0.29) is 42.5 Å². The molecule has 3 aromatic rings. The van der Waals surface area contributed by atoms with Crippen molar-refractivity contribution in [2.24, 2.45) is 0 Å². The van der Waals surface area contributed by atoms with Crippen molar-refractivity contribution in [3.63, 3.8) is 0 Å². The molecule has 0 aromatic carbocycles. The Hall–Kier alpha value is -4.60. The van der Waals surface area contributed by atoms with E-state index in [0.29, 0.717) is 41.9 Å². The van der Waals surface area contributed by atoms with Crippen molar-refractivity contribution < 1.29 is 28.7 Å². The van der Waals surface area contributed by atoms with Crippen molar-refractivity contribution in [1.29, 1.82) is 0 Å². The summed E-state index contributed by atoms with van der Waals surface area (Å²) in [6.45, 7) is 11.7. The van der Waals surface area contributed by atoms with E-state index in [9.17, 15) is 19.2 Å². The van der Waals surface area contributed by atoms with E-state index in [4.69, 9.17) is 19.4 Å². The highest BCUT2D eigenvalue weighted by Crippen LogP contribution is 2.38. The molecule has 2 N–H and O–H groups in total. The first-order valence-electron chi connectivity index (χ1n) is 15.8. The molecule has 242 valence electrons. The lowest BCUT2D eigenvalue weighted by molar-refractivity contribution is -0.141. The predicted molar refractivity (Wildman–Crippen MR) is 175 cm³/mol. The van der Waals surface area contributed by atoms with E-state index in [1.807, 2.05) is 45.9 Å². The second kappa shape index (κ2) is 12.3. The maximum atomic E-state index is 14.2. The molecular formula is C36H42N4O6. The molecule has 0 radical (unpaired) electrons. The van der Waals surface area contributed by atoms with E-state index in [1.54, 1.807) is 13.0 Å². The van der Waals surface area contributed by atoms with Gasteiger partial charge in [-0.3, -0.25) is 19.2 Å². The van der Waals surface area contributed by atoms with Gasteiger partial charge in [0.25, 0.3) is 0 Å². The highest BCUT2D eigenvalue weighted by molar-refractivity contribution is 6.06. The third-order valence-corrected chi connectivity index (χ3v) is 10.0. The van der Waals surface area contributed by atoms with Crippen LogP contribution in [0.4, 0.5) is 0 Å². The summed E-state index contributed by atoms with van der Waals surface area (Å²) in [4.78, 5) is 69.1. The van der Waals surface area contributed by atoms with Crippen molar-refractivity contribution in [2.45, 2.75) is 90.9 Å². The zero-order valence-corrected chi connectivity index (χ0v) is 27.9. The maximum absolute atomic E-state index is 14.2.